The van der Waals surface area contributed by atoms with Crippen molar-refractivity contribution in [1.82, 2.24) is 20.7 Å². The summed E-state index contributed by atoms with van der Waals surface area (Å²) in [5.74, 6) is -2.84. The van der Waals surface area contributed by atoms with Crippen LogP contribution in [0.25, 0.3) is 0 Å². The Labute approximate surface area is 310 Å². The molecule has 0 radical (unpaired) electrons. The summed E-state index contributed by atoms with van der Waals surface area (Å²) >= 11 is 0.781. The van der Waals surface area contributed by atoms with Crippen LogP contribution in [0.4, 0.5) is 0 Å². The maximum Gasteiger partial charge on any atom is 0.326 e. The largest absolute Gasteiger partial charge is 0.481 e. The van der Waals surface area contributed by atoms with Crippen LogP contribution in [0.3, 0.4) is 0 Å². The molecule has 0 aliphatic heterocycles. The summed E-state index contributed by atoms with van der Waals surface area (Å²) in [6, 6.07) is -2.37. The third-order valence-electron chi connectivity index (χ3n) is 8.65. The standard InChI is InChI=1S/C36H65BN4O9S/c1-27(39-28(2)42)36(50)51-41-29(34(37)47)21-19-20-26-38-31(43)25-24-30(35(48)49)40-32(44)22-17-15-13-11-9-7-5-3-4-6-8-10-12-14-16-18-23-33(45)46/h27,29-30,41H,3-26,37H2,1-2H3,(H,38,43)(H,39,42)(H,40,44)(H,45,46)(H,48,49)/t27-,29-,30-/m0/s1. The van der Waals surface area contributed by atoms with Gasteiger partial charge in [-0.1, -0.05) is 89.9 Å². The Morgan fingerprint density at radius 1 is 0.588 bits per heavy atom. The van der Waals surface area contributed by atoms with Crippen LogP contribution in [-0.2, 0) is 33.6 Å². The molecule has 0 spiro atoms. The van der Waals surface area contributed by atoms with E-state index in [2.05, 4.69) is 20.7 Å². The van der Waals surface area contributed by atoms with Gasteiger partial charge in [-0.05, 0) is 57.4 Å². The number of hydrogen-bond acceptors (Lipinski definition) is 9. The van der Waals surface area contributed by atoms with Gasteiger partial charge in [-0.25, -0.2) is 9.52 Å². The van der Waals surface area contributed by atoms with Gasteiger partial charge in [0.05, 0.1) is 12.1 Å². The van der Waals surface area contributed by atoms with Gasteiger partial charge in [-0.2, -0.15) is 0 Å². The summed E-state index contributed by atoms with van der Waals surface area (Å²) in [5.41, 5.74) is -0.130. The molecule has 292 valence electrons. The Bertz CT molecular complexity index is 1050. The molecule has 0 fully saturated rings. The molecule has 0 unspecified atom stereocenters. The summed E-state index contributed by atoms with van der Waals surface area (Å²) in [4.78, 5) is 81.9. The van der Waals surface area contributed by atoms with Crippen LogP contribution < -0.4 is 20.7 Å². The second kappa shape index (κ2) is 31.8. The fraction of sp³-hybridized carbons (Fsp3) is 0.806. The summed E-state index contributed by atoms with van der Waals surface area (Å²) in [6.45, 7) is 3.23. The first-order chi connectivity index (χ1) is 24.3. The number of carboxylic acid groups (broad SMARTS) is 2. The molecule has 0 saturated heterocycles. The monoisotopic (exact) mass is 740 g/mol. The van der Waals surface area contributed by atoms with Gasteiger partial charge in [0, 0.05) is 32.7 Å². The molecule has 3 amide bonds. The molecule has 0 aliphatic rings. The number of rotatable bonds is 34. The number of aliphatic carboxylic acids is 2. The van der Waals surface area contributed by atoms with E-state index in [1.54, 1.807) is 6.92 Å². The molecule has 0 saturated carbocycles. The van der Waals surface area contributed by atoms with E-state index in [1.165, 1.54) is 72.6 Å². The number of carbonyl (C=O) groups is 7. The first kappa shape index (κ1) is 48.1. The van der Waals surface area contributed by atoms with Crippen molar-refractivity contribution in [2.45, 2.75) is 180 Å². The van der Waals surface area contributed by atoms with E-state index < -0.39 is 30.1 Å². The Kier molecular flexibility index (Phi) is 29.9. The molecule has 3 atom stereocenters. The van der Waals surface area contributed by atoms with Crippen LogP contribution in [0.15, 0.2) is 0 Å². The molecule has 0 rings (SSSR count). The number of carbonyl (C=O) groups excluding carboxylic acids is 5. The predicted octanol–water partition coefficient (Wildman–Crippen LogP) is 4.55. The number of unbranched alkanes of at least 4 members (excludes halogenated alkanes) is 16. The fourth-order valence-corrected chi connectivity index (χ4v) is 6.33. The van der Waals surface area contributed by atoms with Crippen molar-refractivity contribution in [1.29, 1.82) is 0 Å². The fourth-order valence-electron chi connectivity index (χ4n) is 5.55. The minimum atomic E-state index is -1.17. The van der Waals surface area contributed by atoms with Gasteiger partial charge in [0.1, 0.15) is 11.7 Å². The van der Waals surface area contributed by atoms with Crippen molar-refractivity contribution in [3.8, 4) is 0 Å². The van der Waals surface area contributed by atoms with E-state index in [-0.39, 0.29) is 54.2 Å². The van der Waals surface area contributed by atoms with Crippen LogP contribution in [0, 0.1) is 0 Å². The van der Waals surface area contributed by atoms with Crippen molar-refractivity contribution < 1.29 is 43.8 Å². The minimum Gasteiger partial charge on any atom is -0.481 e. The summed E-state index contributed by atoms with van der Waals surface area (Å²) in [7, 11) is 1.42. The van der Waals surface area contributed by atoms with Crippen molar-refractivity contribution >= 4 is 60.3 Å². The van der Waals surface area contributed by atoms with E-state index in [0.29, 0.717) is 32.2 Å². The van der Waals surface area contributed by atoms with Gasteiger partial charge < -0.3 is 31.0 Å². The normalized spacial score (nSPS) is 12.7. The molecule has 0 aromatic carbocycles. The number of amides is 3. The second-order valence-corrected chi connectivity index (χ2v) is 14.4. The van der Waals surface area contributed by atoms with Crippen molar-refractivity contribution in [2.24, 2.45) is 0 Å². The average molecular weight is 741 g/mol. The lowest BCUT2D eigenvalue weighted by atomic mass is 9.92. The lowest BCUT2D eigenvalue weighted by Crippen LogP contribution is -2.41. The molecular formula is C36H65BN4O9S. The van der Waals surface area contributed by atoms with Gasteiger partial charge in [0.25, 0.3) is 0 Å². The SMILES string of the molecule is BC(=O)[C@H](CCCCNC(=O)CC[C@H](NC(=O)CCCCCCCCCCCCCCCCCCC(=O)O)C(=O)O)NSC(=O)[C@H](C)NC(C)=O. The molecule has 13 nitrogen and oxygen atoms in total. The topological polar surface area (TPSA) is 208 Å². The van der Waals surface area contributed by atoms with Gasteiger partial charge in [0.2, 0.25) is 22.8 Å². The number of nitrogens with one attached hydrogen (secondary N) is 4. The van der Waals surface area contributed by atoms with Crippen molar-refractivity contribution in [3.05, 3.63) is 0 Å². The third kappa shape index (κ3) is 30.4. The predicted molar refractivity (Wildman–Crippen MR) is 203 cm³/mol. The lowest BCUT2D eigenvalue weighted by Gasteiger charge is -2.17. The molecule has 6 N–H and O–H groups in total. The van der Waals surface area contributed by atoms with Crippen molar-refractivity contribution in [2.75, 3.05) is 6.54 Å². The molecule has 0 heterocycles. The Morgan fingerprint density at radius 2 is 1.08 bits per heavy atom. The maximum absolute atomic E-state index is 12.3. The third-order valence-corrected chi connectivity index (χ3v) is 9.60. The molecular weight excluding hydrogens is 675 g/mol. The zero-order valence-electron chi connectivity index (χ0n) is 31.4. The molecule has 0 aromatic heterocycles. The molecule has 15 heteroatoms. The van der Waals surface area contributed by atoms with Gasteiger partial charge >= 0.3 is 11.9 Å². The zero-order valence-corrected chi connectivity index (χ0v) is 32.2. The second-order valence-electron chi connectivity index (χ2n) is 13.5. The smallest absolute Gasteiger partial charge is 0.326 e. The highest BCUT2D eigenvalue weighted by Crippen LogP contribution is 2.15. The van der Waals surface area contributed by atoms with Crippen LogP contribution in [0.1, 0.15) is 162 Å². The Morgan fingerprint density at radius 3 is 1.53 bits per heavy atom. The van der Waals surface area contributed by atoms with Gasteiger partial charge in [-0.15, -0.1) is 0 Å². The first-order valence-corrected chi connectivity index (χ1v) is 19.9. The van der Waals surface area contributed by atoms with E-state index >= 15 is 0 Å². The quantitative estimate of drug-likeness (QED) is 0.0307. The molecule has 51 heavy (non-hydrogen) atoms. The number of carboxylic acids is 2. The van der Waals surface area contributed by atoms with Crippen LogP contribution in [-0.4, -0.2) is 83.2 Å². The summed E-state index contributed by atoms with van der Waals surface area (Å²) < 4.78 is 2.85. The van der Waals surface area contributed by atoms with Crippen LogP contribution in [0.5, 0.6) is 0 Å². The highest BCUT2D eigenvalue weighted by molar-refractivity contribution is 8.12. The Balaban J connectivity index is 3.90. The number of hydrogen-bond donors (Lipinski definition) is 6. The lowest BCUT2D eigenvalue weighted by molar-refractivity contribution is -0.142. The summed E-state index contributed by atoms with van der Waals surface area (Å²) in [6.07, 6.45) is 20.0. The van der Waals surface area contributed by atoms with Gasteiger partial charge in [0.15, 0.2) is 7.85 Å². The van der Waals surface area contributed by atoms with E-state index in [9.17, 15) is 38.7 Å². The average Bonchev–Trinajstić information content (AvgIpc) is 3.06. The first-order valence-electron chi connectivity index (χ1n) is 19.1. The maximum atomic E-state index is 12.3. The van der Waals surface area contributed by atoms with E-state index in [4.69, 9.17) is 5.11 Å². The van der Waals surface area contributed by atoms with E-state index in [1.807, 2.05) is 0 Å². The van der Waals surface area contributed by atoms with Crippen LogP contribution >= 0.6 is 11.9 Å². The van der Waals surface area contributed by atoms with Gasteiger partial charge in [-0.3, -0.25) is 24.0 Å². The summed E-state index contributed by atoms with van der Waals surface area (Å²) in [5, 5.41) is 25.6. The minimum absolute atomic E-state index is 0.0123. The van der Waals surface area contributed by atoms with E-state index in [0.717, 1.165) is 50.5 Å². The van der Waals surface area contributed by atoms with Crippen molar-refractivity contribution in [3.63, 3.8) is 0 Å². The molecule has 0 aromatic rings. The highest BCUT2D eigenvalue weighted by Gasteiger charge is 2.21. The molecule has 0 aliphatic carbocycles. The Hall–Kier alpha value is -2.94. The zero-order chi connectivity index (χ0) is 38.3. The van der Waals surface area contributed by atoms with Crippen LogP contribution in [0.2, 0.25) is 0 Å². The molecule has 0 bridgehead atoms. The highest BCUT2D eigenvalue weighted by atomic mass is 32.2.